The average Bonchev–Trinajstić information content (AvgIpc) is 3.21. The molecule has 0 aliphatic carbocycles. The normalized spacial score (nSPS) is 24.4. The van der Waals surface area contributed by atoms with Crippen LogP contribution in [0.1, 0.15) is 12.8 Å². The van der Waals surface area contributed by atoms with Gasteiger partial charge in [0.05, 0.1) is 13.2 Å². The molecule has 1 aromatic heterocycles. The number of halogens is 1. The zero-order valence-corrected chi connectivity index (χ0v) is 15.8. The molecule has 2 aliphatic rings. The predicted octanol–water partition coefficient (Wildman–Crippen LogP) is 1.76. The summed E-state index contributed by atoms with van der Waals surface area (Å²) in [6, 6.07) is 5.74. The maximum atomic E-state index is 5.92. The summed E-state index contributed by atoms with van der Waals surface area (Å²) in [7, 11) is 1.83. The fourth-order valence-electron chi connectivity index (χ4n) is 2.92. The lowest BCUT2D eigenvalue weighted by atomic mass is 10.1. The zero-order valence-electron chi connectivity index (χ0n) is 13.5. The fraction of sp³-hybridized carbons (Fsp3) is 0.625. The van der Waals surface area contributed by atoms with Gasteiger partial charge in [-0.3, -0.25) is 4.99 Å². The van der Waals surface area contributed by atoms with Crippen LogP contribution in [0.2, 0.25) is 0 Å². The highest BCUT2D eigenvalue weighted by Crippen LogP contribution is 2.16. The van der Waals surface area contributed by atoms with Crippen molar-refractivity contribution in [3.05, 3.63) is 24.4 Å². The molecule has 1 aromatic rings. The molecule has 7 heteroatoms. The van der Waals surface area contributed by atoms with Crippen molar-refractivity contribution in [2.45, 2.75) is 18.9 Å². The van der Waals surface area contributed by atoms with E-state index in [1.165, 1.54) is 0 Å². The Labute approximate surface area is 154 Å². The van der Waals surface area contributed by atoms with E-state index in [0.717, 1.165) is 51.6 Å². The molecule has 23 heavy (non-hydrogen) atoms. The van der Waals surface area contributed by atoms with Crippen molar-refractivity contribution in [2.75, 3.05) is 39.9 Å². The van der Waals surface area contributed by atoms with Gasteiger partial charge >= 0.3 is 0 Å². The molecule has 2 atom stereocenters. The highest BCUT2D eigenvalue weighted by atomic mass is 127. The minimum Gasteiger partial charge on any atom is -0.472 e. The van der Waals surface area contributed by atoms with E-state index in [1.807, 2.05) is 25.2 Å². The number of aliphatic imine (C=N–C) groups is 1. The van der Waals surface area contributed by atoms with Gasteiger partial charge in [-0.25, -0.2) is 4.98 Å². The van der Waals surface area contributed by atoms with E-state index < -0.39 is 0 Å². The molecule has 1 N–H and O–H groups in total. The van der Waals surface area contributed by atoms with E-state index in [4.69, 9.17) is 9.47 Å². The standard InChI is InChI=1S/C16H24N4O2.HI/c1-17-16(19-10-13-6-9-21-12-13)20-8-5-14(11-20)22-15-4-2-3-7-18-15;/h2-4,7,13-14H,5-6,8-12H2,1H3,(H,17,19);1H. The maximum absolute atomic E-state index is 5.92. The van der Waals surface area contributed by atoms with Crippen molar-refractivity contribution in [3.63, 3.8) is 0 Å². The quantitative estimate of drug-likeness (QED) is 0.447. The molecule has 2 aliphatic heterocycles. The van der Waals surface area contributed by atoms with E-state index in [9.17, 15) is 0 Å². The van der Waals surface area contributed by atoms with Gasteiger partial charge < -0.3 is 19.7 Å². The second kappa shape index (κ2) is 9.27. The lowest BCUT2D eigenvalue weighted by Crippen LogP contribution is -2.42. The highest BCUT2D eigenvalue weighted by molar-refractivity contribution is 14.0. The lowest BCUT2D eigenvalue weighted by molar-refractivity contribution is 0.186. The molecule has 2 fully saturated rings. The van der Waals surface area contributed by atoms with Crippen molar-refractivity contribution in [3.8, 4) is 5.88 Å². The molecular formula is C16H25IN4O2. The van der Waals surface area contributed by atoms with Gasteiger partial charge in [0.2, 0.25) is 5.88 Å². The van der Waals surface area contributed by atoms with Gasteiger partial charge in [0.25, 0.3) is 0 Å². The number of nitrogens with one attached hydrogen (secondary N) is 1. The van der Waals surface area contributed by atoms with E-state index in [-0.39, 0.29) is 30.1 Å². The molecule has 0 saturated carbocycles. The topological polar surface area (TPSA) is 59.0 Å². The molecule has 2 unspecified atom stereocenters. The third kappa shape index (κ3) is 5.20. The van der Waals surface area contributed by atoms with Crippen LogP contribution in [0.3, 0.4) is 0 Å². The summed E-state index contributed by atoms with van der Waals surface area (Å²) in [6.45, 7) is 4.47. The van der Waals surface area contributed by atoms with E-state index >= 15 is 0 Å². The van der Waals surface area contributed by atoms with Crippen LogP contribution in [0.5, 0.6) is 5.88 Å². The molecule has 6 nitrogen and oxygen atoms in total. The van der Waals surface area contributed by atoms with Gasteiger partial charge in [-0.15, -0.1) is 24.0 Å². The molecule has 128 valence electrons. The first kappa shape index (κ1) is 18.3. The molecule has 3 rings (SSSR count). The lowest BCUT2D eigenvalue weighted by Gasteiger charge is -2.22. The monoisotopic (exact) mass is 432 g/mol. The van der Waals surface area contributed by atoms with Crippen LogP contribution < -0.4 is 10.1 Å². The van der Waals surface area contributed by atoms with Gasteiger partial charge in [-0.1, -0.05) is 6.07 Å². The number of hydrogen-bond donors (Lipinski definition) is 1. The Bertz CT molecular complexity index is 494. The van der Waals surface area contributed by atoms with Crippen molar-refractivity contribution in [1.82, 2.24) is 15.2 Å². The number of hydrogen-bond acceptors (Lipinski definition) is 4. The second-order valence-electron chi connectivity index (χ2n) is 5.80. The first-order chi connectivity index (χ1) is 10.8. The van der Waals surface area contributed by atoms with Crippen molar-refractivity contribution in [2.24, 2.45) is 10.9 Å². The number of pyridine rings is 1. The predicted molar refractivity (Wildman–Crippen MR) is 101 cm³/mol. The SMILES string of the molecule is CN=C(NCC1CCOC1)N1CCC(Oc2ccccn2)C1.I. The largest absolute Gasteiger partial charge is 0.472 e. The Hall–Kier alpha value is -1.09. The van der Waals surface area contributed by atoms with Crippen LogP contribution in [-0.2, 0) is 4.74 Å². The molecule has 0 radical (unpaired) electrons. The summed E-state index contributed by atoms with van der Waals surface area (Å²) in [5, 5.41) is 3.46. The number of ether oxygens (including phenoxy) is 2. The van der Waals surface area contributed by atoms with Gasteiger partial charge in [0.15, 0.2) is 5.96 Å². The first-order valence-corrected chi connectivity index (χ1v) is 7.96. The molecule has 0 spiro atoms. The fourth-order valence-corrected chi connectivity index (χ4v) is 2.92. The van der Waals surface area contributed by atoms with Gasteiger partial charge in [0, 0.05) is 51.3 Å². The Morgan fingerprint density at radius 1 is 1.48 bits per heavy atom. The number of aromatic nitrogens is 1. The Morgan fingerprint density at radius 2 is 2.39 bits per heavy atom. The minimum atomic E-state index is 0. The molecule has 0 amide bonds. The number of nitrogens with zero attached hydrogens (tertiary/aromatic N) is 3. The summed E-state index contributed by atoms with van der Waals surface area (Å²) in [4.78, 5) is 10.9. The van der Waals surface area contributed by atoms with Crippen LogP contribution >= 0.6 is 24.0 Å². The smallest absolute Gasteiger partial charge is 0.213 e. The summed E-state index contributed by atoms with van der Waals surface area (Å²) >= 11 is 0. The van der Waals surface area contributed by atoms with Gasteiger partial charge in [0.1, 0.15) is 6.10 Å². The summed E-state index contributed by atoms with van der Waals surface area (Å²) in [5.74, 6) is 2.25. The maximum Gasteiger partial charge on any atom is 0.213 e. The third-order valence-corrected chi connectivity index (χ3v) is 4.15. The van der Waals surface area contributed by atoms with E-state index in [0.29, 0.717) is 11.8 Å². The van der Waals surface area contributed by atoms with Crippen LogP contribution in [-0.4, -0.2) is 61.8 Å². The average molecular weight is 432 g/mol. The highest BCUT2D eigenvalue weighted by Gasteiger charge is 2.27. The molecule has 0 bridgehead atoms. The molecule has 0 aromatic carbocycles. The van der Waals surface area contributed by atoms with E-state index in [1.54, 1.807) is 6.20 Å². The van der Waals surface area contributed by atoms with E-state index in [2.05, 4.69) is 20.2 Å². The Balaban J connectivity index is 0.00000192. The molecule has 3 heterocycles. The van der Waals surface area contributed by atoms with Crippen LogP contribution in [0.4, 0.5) is 0 Å². The summed E-state index contributed by atoms with van der Waals surface area (Å²) in [6.07, 6.45) is 4.05. The van der Waals surface area contributed by atoms with Crippen LogP contribution in [0.15, 0.2) is 29.4 Å². The van der Waals surface area contributed by atoms with Crippen molar-refractivity contribution in [1.29, 1.82) is 0 Å². The first-order valence-electron chi connectivity index (χ1n) is 7.96. The minimum absolute atomic E-state index is 0. The Kier molecular flexibility index (Phi) is 7.35. The summed E-state index contributed by atoms with van der Waals surface area (Å²) < 4.78 is 11.3. The molecular weight excluding hydrogens is 407 g/mol. The number of rotatable bonds is 4. The third-order valence-electron chi connectivity index (χ3n) is 4.15. The van der Waals surface area contributed by atoms with Crippen molar-refractivity contribution < 1.29 is 9.47 Å². The van der Waals surface area contributed by atoms with Crippen LogP contribution in [0, 0.1) is 5.92 Å². The molecule has 2 saturated heterocycles. The second-order valence-corrected chi connectivity index (χ2v) is 5.80. The number of guanidine groups is 1. The van der Waals surface area contributed by atoms with Crippen LogP contribution in [0.25, 0.3) is 0 Å². The zero-order chi connectivity index (χ0) is 15.2. The Morgan fingerprint density at radius 3 is 3.09 bits per heavy atom. The number of likely N-dealkylation sites (tertiary alicyclic amines) is 1. The van der Waals surface area contributed by atoms with Gasteiger partial charge in [-0.2, -0.15) is 0 Å². The van der Waals surface area contributed by atoms with Crippen molar-refractivity contribution >= 4 is 29.9 Å². The summed E-state index contributed by atoms with van der Waals surface area (Å²) in [5.41, 5.74) is 0. The van der Waals surface area contributed by atoms with Gasteiger partial charge in [-0.05, 0) is 12.5 Å².